The highest BCUT2D eigenvalue weighted by atomic mass is 16.8. The minimum absolute atomic E-state index is 0.439. The SMILES string of the molecule is OC12CC[C@H]3CC[C@@H](CC1)[O+]32. The predicted molar refractivity (Wildman–Crippen MR) is 41.3 cm³/mol. The summed E-state index contributed by atoms with van der Waals surface area (Å²) in [5, 5.41) is 10.1. The van der Waals surface area contributed by atoms with E-state index in [4.69, 9.17) is 0 Å². The molecule has 1 unspecified atom stereocenters. The largest absolute Gasteiger partial charge is 0.391 e. The molecular weight excluding hydrogens is 140 g/mol. The van der Waals surface area contributed by atoms with Gasteiger partial charge in [0.05, 0.1) is 12.8 Å². The third kappa shape index (κ3) is 0.651. The van der Waals surface area contributed by atoms with Gasteiger partial charge in [-0.2, -0.15) is 0 Å². The lowest BCUT2D eigenvalue weighted by Crippen LogP contribution is -2.34. The van der Waals surface area contributed by atoms with Crippen LogP contribution >= 0.6 is 0 Å². The minimum atomic E-state index is -0.439. The Morgan fingerprint density at radius 1 is 1.00 bits per heavy atom. The molecule has 0 bridgehead atoms. The highest BCUT2D eigenvalue weighted by Gasteiger charge is 2.62. The molecule has 0 amide bonds. The Bertz CT molecular complexity index is 174. The number of hydrogen-bond donors (Lipinski definition) is 1. The molecular formula is C9H15O2+. The van der Waals surface area contributed by atoms with E-state index in [0.717, 1.165) is 12.8 Å². The summed E-state index contributed by atoms with van der Waals surface area (Å²) >= 11 is 0. The zero-order valence-corrected chi connectivity index (χ0v) is 6.75. The van der Waals surface area contributed by atoms with Crippen LogP contribution in [-0.4, -0.2) is 23.1 Å². The zero-order valence-electron chi connectivity index (χ0n) is 6.75. The van der Waals surface area contributed by atoms with Gasteiger partial charge in [-0.25, -0.2) is 0 Å². The molecule has 3 aliphatic rings. The second kappa shape index (κ2) is 1.80. The van der Waals surface area contributed by atoms with Crippen molar-refractivity contribution < 1.29 is 9.47 Å². The van der Waals surface area contributed by atoms with Crippen LogP contribution in [0.4, 0.5) is 0 Å². The lowest BCUT2D eigenvalue weighted by Gasteiger charge is -2.24. The van der Waals surface area contributed by atoms with Crippen LogP contribution in [0.25, 0.3) is 0 Å². The molecule has 3 fully saturated rings. The Balaban J connectivity index is 2.00. The van der Waals surface area contributed by atoms with E-state index in [1.165, 1.54) is 25.7 Å². The van der Waals surface area contributed by atoms with Crippen molar-refractivity contribution in [3.8, 4) is 0 Å². The molecule has 2 nitrogen and oxygen atoms in total. The standard InChI is InChI=1S/C9H15O2/c10-9-5-3-7-1-2-8(4-6-9)11(7)9/h7-8,10H,1-6H2/q+1/t7-,8+,9?. The van der Waals surface area contributed by atoms with Gasteiger partial charge in [0.15, 0.2) is 12.2 Å². The van der Waals surface area contributed by atoms with Gasteiger partial charge in [-0.1, -0.05) is 0 Å². The van der Waals surface area contributed by atoms with Gasteiger partial charge >= 0.3 is 0 Å². The summed E-state index contributed by atoms with van der Waals surface area (Å²) in [7, 11) is 0. The van der Waals surface area contributed by atoms with Crippen molar-refractivity contribution in [3.05, 3.63) is 0 Å². The van der Waals surface area contributed by atoms with Crippen LogP contribution in [-0.2, 0) is 4.37 Å². The first-order valence-corrected chi connectivity index (χ1v) is 4.74. The van der Waals surface area contributed by atoms with E-state index in [-0.39, 0.29) is 0 Å². The first-order chi connectivity index (χ1) is 5.30. The van der Waals surface area contributed by atoms with E-state index >= 15 is 0 Å². The van der Waals surface area contributed by atoms with Crippen molar-refractivity contribution in [2.75, 3.05) is 0 Å². The van der Waals surface area contributed by atoms with Crippen LogP contribution in [0.15, 0.2) is 0 Å². The molecule has 11 heavy (non-hydrogen) atoms. The van der Waals surface area contributed by atoms with Crippen LogP contribution < -0.4 is 0 Å². The molecule has 0 aromatic rings. The average molecular weight is 155 g/mol. The van der Waals surface area contributed by atoms with Gasteiger partial charge in [-0.05, 0) is 0 Å². The first kappa shape index (κ1) is 6.44. The molecule has 62 valence electrons. The molecule has 0 spiro atoms. The predicted octanol–water partition coefficient (Wildman–Crippen LogP) is 1.35. The topological polar surface area (TPSA) is 22.9 Å². The minimum Gasteiger partial charge on any atom is -0.391 e. The average Bonchev–Trinajstić information content (AvgIpc) is 2.54. The summed E-state index contributed by atoms with van der Waals surface area (Å²) < 4.78 is 3.25. The Labute approximate surface area is 66.9 Å². The quantitative estimate of drug-likeness (QED) is 0.524. The smallest absolute Gasteiger partial charge is 0.273 e. The van der Waals surface area contributed by atoms with E-state index in [2.05, 4.69) is 4.37 Å². The molecule has 3 rings (SSSR count). The van der Waals surface area contributed by atoms with E-state index in [1.807, 2.05) is 0 Å². The molecule has 2 heteroatoms. The Morgan fingerprint density at radius 3 is 2.09 bits per heavy atom. The molecule has 3 atom stereocenters. The molecule has 0 aromatic heterocycles. The summed E-state index contributed by atoms with van der Waals surface area (Å²) in [6.07, 6.45) is 8.34. The van der Waals surface area contributed by atoms with Crippen molar-refractivity contribution in [1.82, 2.24) is 0 Å². The molecule has 0 aromatic carbocycles. The fourth-order valence-electron chi connectivity index (χ4n) is 3.19. The van der Waals surface area contributed by atoms with Gasteiger partial charge in [0.2, 0.25) is 0 Å². The number of aliphatic hydroxyl groups is 1. The van der Waals surface area contributed by atoms with E-state index in [9.17, 15) is 5.11 Å². The summed E-state index contributed by atoms with van der Waals surface area (Å²) in [4.78, 5) is 0. The van der Waals surface area contributed by atoms with E-state index in [0.29, 0.717) is 12.2 Å². The van der Waals surface area contributed by atoms with Crippen molar-refractivity contribution >= 4 is 0 Å². The van der Waals surface area contributed by atoms with Crippen molar-refractivity contribution in [1.29, 1.82) is 0 Å². The van der Waals surface area contributed by atoms with Gasteiger partial charge in [-0.15, -0.1) is 0 Å². The van der Waals surface area contributed by atoms with Gasteiger partial charge in [0.25, 0.3) is 5.79 Å². The van der Waals surface area contributed by atoms with E-state index in [1.54, 1.807) is 0 Å². The maximum atomic E-state index is 10.1. The summed E-state index contributed by atoms with van der Waals surface area (Å²) in [5.41, 5.74) is 0. The highest BCUT2D eigenvalue weighted by molar-refractivity contribution is 4.97. The van der Waals surface area contributed by atoms with Gasteiger partial charge in [-0.3, -0.25) is 0 Å². The second-order valence-electron chi connectivity index (χ2n) is 4.22. The van der Waals surface area contributed by atoms with E-state index < -0.39 is 5.79 Å². The zero-order chi connectivity index (χ0) is 7.47. The van der Waals surface area contributed by atoms with Gasteiger partial charge < -0.3 is 9.47 Å². The first-order valence-electron chi connectivity index (χ1n) is 4.74. The van der Waals surface area contributed by atoms with Gasteiger partial charge in [0.1, 0.15) is 0 Å². The summed E-state index contributed by atoms with van der Waals surface area (Å²) in [5.74, 6) is -0.439. The Hall–Kier alpha value is -0.0800. The monoisotopic (exact) mass is 155 g/mol. The lowest BCUT2D eigenvalue weighted by atomic mass is 10.1. The fourth-order valence-corrected chi connectivity index (χ4v) is 3.19. The molecule has 0 saturated carbocycles. The maximum Gasteiger partial charge on any atom is 0.273 e. The molecule has 1 N–H and O–H groups in total. The molecule has 3 heterocycles. The summed E-state index contributed by atoms with van der Waals surface area (Å²) in [6.45, 7) is 0. The lowest BCUT2D eigenvalue weighted by molar-refractivity contribution is -0.322. The molecule has 3 aliphatic heterocycles. The van der Waals surface area contributed by atoms with Crippen LogP contribution in [0.5, 0.6) is 0 Å². The van der Waals surface area contributed by atoms with Crippen molar-refractivity contribution in [2.45, 2.75) is 56.5 Å². The maximum absolute atomic E-state index is 10.1. The van der Waals surface area contributed by atoms with Crippen LogP contribution in [0.1, 0.15) is 38.5 Å². The molecule has 0 radical (unpaired) electrons. The Morgan fingerprint density at radius 2 is 1.55 bits per heavy atom. The van der Waals surface area contributed by atoms with Crippen LogP contribution in [0, 0.1) is 0 Å². The van der Waals surface area contributed by atoms with Gasteiger partial charge in [0, 0.05) is 25.7 Å². The third-order valence-electron chi connectivity index (χ3n) is 3.68. The molecule has 0 aliphatic carbocycles. The number of rotatable bonds is 0. The molecule has 3 saturated heterocycles. The fraction of sp³-hybridized carbons (Fsp3) is 1.00. The highest BCUT2D eigenvalue weighted by Crippen LogP contribution is 2.54. The van der Waals surface area contributed by atoms with Crippen LogP contribution in [0.2, 0.25) is 0 Å². The second-order valence-corrected chi connectivity index (χ2v) is 4.22. The Kier molecular flexibility index (Phi) is 1.06. The van der Waals surface area contributed by atoms with Crippen LogP contribution in [0.3, 0.4) is 0 Å². The van der Waals surface area contributed by atoms with Crippen molar-refractivity contribution in [2.24, 2.45) is 0 Å². The summed E-state index contributed by atoms with van der Waals surface area (Å²) in [6, 6.07) is 0. The van der Waals surface area contributed by atoms with Crippen molar-refractivity contribution in [3.63, 3.8) is 0 Å². The third-order valence-corrected chi connectivity index (χ3v) is 3.68. The normalized spacial score (nSPS) is 55.4. The number of hydrogen-bond acceptors (Lipinski definition) is 1.